The Morgan fingerprint density at radius 2 is 1.52 bits per heavy atom. The normalized spacial score (nSPS) is 11.1. The molecule has 133 valence electrons. The first kappa shape index (κ1) is 17.7. The van der Waals surface area contributed by atoms with Crippen molar-refractivity contribution in [3.8, 4) is 11.4 Å². The summed E-state index contributed by atoms with van der Waals surface area (Å²) in [7, 11) is -0.880. The van der Waals surface area contributed by atoms with Gasteiger partial charge in [0.15, 0.2) is 0 Å². The Kier molecular flexibility index (Phi) is 4.43. The maximum Gasteiger partial charge on any atom is 0.569 e. The zero-order valence-corrected chi connectivity index (χ0v) is 15.0. The maximum absolute atomic E-state index is 9.64. The lowest BCUT2D eigenvalue weighted by atomic mass is 9.80. The standard InChI is InChI=1S/C20H18B2NO4/c1-12-4-3-5-13(2)20(12)23-18-10-14(22(25)26)6-8-16(18)17-9-7-15(27-21-24)11-19(17)23/h3-11,24-26H,1-2H3. The Bertz CT molecular complexity index is 1130. The van der Waals surface area contributed by atoms with Crippen molar-refractivity contribution in [2.45, 2.75) is 13.8 Å². The van der Waals surface area contributed by atoms with Gasteiger partial charge in [-0.1, -0.05) is 30.3 Å². The van der Waals surface area contributed by atoms with Crippen molar-refractivity contribution in [2.24, 2.45) is 0 Å². The second kappa shape index (κ2) is 6.78. The molecule has 5 nitrogen and oxygen atoms in total. The third-order valence-corrected chi connectivity index (χ3v) is 4.91. The lowest BCUT2D eigenvalue weighted by Gasteiger charge is -2.15. The predicted molar refractivity (Wildman–Crippen MR) is 109 cm³/mol. The molecule has 0 saturated carbocycles. The molecule has 1 heterocycles. The van der Waals surface area contributed by atoms with Gasteiger partial charge in [-0.15, -0.1) is 0 Å². The summed E-state index contributed by atoms with van der Waals surface area (Å²) in [6.07, 6.45) is 0. The van der Waals surface area contributed by atoms with Gasteiger partial charge in [-0.05, 0) is 48.6 Å². The Hall–Kier alpha value is -2.73. The highest BCUT2D eigenvalue weighted by Crippen LogP contribution is 2.35. The van der Waals surface area contributed by atoms with Crippen LogP contribution in [0.3, 0.4) is 0 Å². The highest BCUT2D eigenvalue weighted by Gasteiger charge is 2.19. The summed E-state index contributed by atoms with van der Waals surface area (Å²) in [5, 5.41) is 30.3. The molecule has 0 bridgehead atoms. The van der Waals surface area contributed by atoms with E-state index in [-0.39, 0.29) is 0 Å². The Morgan fingerprint density at radius 1 is 0.889 bits per heavy atom. The van der Waals surface area contributed by atoms with Gasteiger partial charge in [0, 0.05) is 16.8 Å². The highest BCUT2D eigenvalue weighted by molar-refractivity contribution is 6.59. The minimum atomic E-state index is -1.54. The summed E-state index contributed by atoms with van der Waals surface area (Å²) in [5.41, 5.74) is 5.45. The van der Waals surface area contributed by atoms with E-state index in [9.17, 15) is 10.0 Å². The molecule has 0 atom stereocenters. The van der Waals surface area contributed by atoms with Gasteiger partial charge in [0.25, 0.3) is 0 Å². The van der Waals surface area contributed by atoms with Gasteiger partial charge in [0.2, 0.25) is 0 Å². The Labute approximate surface area is 157 Å². The number of rotatable bonds is 4. The zero-order valence-electron chi connectivity index (χ0n) is 15.0. The van der Waals surface area contributed by atoms with Gasteiger partial charge in [0.05, 0.1) is 16.7 Å². The molecule has 1 radical (unpaired) electrons. The quantitative estimate of drug-likeness (QED) is 0.488. The van der Waals surface area contributed by atoms with Crippen LogP contribution in [0.4, 0.5) is 0 Å². The zero-order chi connectivity index (χ0) is 19.1. The lowest BCUT2D eigenvalue weighted by molar-refractivity contribution is 0.426. The summed E-state index contributed by atoms with van der Waals surface area (Å²) >= 11 is 0. The van der Waals surface area contributed by atoms with Gasteiger partial charge < -0.3 is 24.3 Å². The topological polar surface area (TPSA) is 74.9 Å². The van der Waals surface area contributed by atoms with Crippen LogP contribution in [0.5, 0.6) is 5.75 Å². The third-order valence-electron chi connectivity index (χ3n) is 4.91. The minimum Gasteiger partial charge on any atom is -0.537 e. The molecule has 0 fully saturated rings. The monoisotopic (exact) mass is 358 g/mol. The summed E-state index contributed by atoms with van der Waals surface area (Å²) in [4.78, 5) is 0. The summed E-state index contributed by atoms with van der Waals surface area (Å²) < 4.78 is 7.26. The van der Waals surface area contributed by atoms with E-state index < -0.39 is 7.12 Å². The molecule has 4 rings (SSSR count). The van der Waals surface area contributed by atoms with Gasteiger partial charge in [-0.25, -0.2) is 0 Å². The number of aromatic nitrogens is 1. The van der Waals surface area contributed by atoms with Crippen LogP contribution in [-0.4, -0.2) is 34.4 Å². The summed E-state index contributed by atoms with van der Waals surface area (Å²) in [5.74, 6) is 0.516. The van der Waals surface area contributed by atoms with E-state index in [1.807, 2.05) is 50.2 Å². The number of hydrogen-bond donors (Lipinski definition) is 3. The molecule has 0 spiro atoms. The van der Waals surface area contributed by atoms with E-state index in [1.165, 1.54) is 0 Å². The number of fused-ring (bicyclic) bond motifs is 3. The van der Waals surface area contributed by atoms with Gasteiger partial charge in [-0.3, -0.25) is 0 Å². The van der Waals surface area contributed by atoms with Crippen molar-refractivity contribution in [1.29, 1.82) is 0 Å². The number of aryl methyl sites for hydroxylation is 2. The molecule has 0 aliphatic carbocycles. The third kappa shape index (κ3) is 2.90. The first-order valence-corrected chi connectivity index (χ1v) is 8.64. The Morgan fingerprint density at radius 3 is 2.15 bits per heavy atom. The molecule has 3 N–H and O–H groups in total. The van der Waals surface area contributed by atoms with E-state index in [1.54, 1.807) is 18.2 Å². The molecule has 7 heteroatoms. The van der Waals surface area contributed by atoms with Gasteiger partial charge in [0.1, 0.15) is 5.75 Å². The summed E-state index contributed by atoms with van der Waals surface area (Å²) in [6.45, 7) is 4.10. The fourth-order valence-corrected chi connectivity index (χ4v) is 3.71. The molecule has 3 aromatic carbocycles. The van der Waals surface area contributed by atoms with Crippen molar-refractivity contribution in [1.82, 2.24) is 4.57 Å². The second-order valence-electron chi connectivity index (χ2n) is 6.63. The van der Waals surface area contributed by atoms with E-state index in [2.05, 4.69) is 4.57 Å². The Balaban J connectivity index is 2.16. The van der Waals surface area contributed by atoms with Crippen molar-refractivity contribution >= 4 is 42.1 Å². The maximum atomic E-state index is 9.64. The minimum absolute atomic E-state index is 0.429. The van der Waals surface area contributed by atoms with Crippen molar-refractivity contribution in [2.75, 3.05) is 0 Å². The fourth-order valence-electron chi connectivity index (χ4n) is 3.71. The second-order valence-corrected chi connectivity index (χ2v) is 6.63. The van der Waals surface area contributed by atoms with Crippen molar-refractivity contribution < 1.29 is 19.7 Å². The smallest absolute Gasteiger partial charge is 0.537 e. The van der Waals surface area contributed by atoms with E-state index in [0.29, 0.717) is 18.9 Å². The number of benzene rings is 3. The van der Waals surface area contributed by atoms with Crippen LogP contribution in [0.15, 0.2) is 54.6 Å². The van der Waals surface area contributed by atoms with Crippen molar-refractivity contribution in [3.05, 3.63) is 65.7 Å². The predicted octanol–water partition coefficient (Wildman–Crippen LogP) is 1.99. The van der Waals surface area contributed by atoms with Crippen molar-refractivity contribution in [3.63, 3.8) is 0 Å². The molecule has 0 amide bonds. The first-order chi connectivity index (χ1) is 13.0. The van der Waals surface area contributed by atoms with Gasteiger partial charge >= 0.3 is 14.8 Å². The van der Waals surface area contributed by atoms with Crippen LogP contribution in [0, 0.1) is 13.8 Å². The number of hydrogen-bond acceptors (Lipinski definition) is 4. The molecule has 1 aromatic heterocycles. The highest BCUT2D eigenvalue weighted by atomic mass is 16.5. The molecule has 0 aliphatic rings. The molecule has 27 heavy (non-hydrogen) atoms. The van der Waals surface area contributed by atoms with Crippen LogP contribution < -0.4 is 10.1 Å². The molecular weight excluding hydrogens is 340 g/mol. The van der Waals surface area contributed by atoms with Gasteiger partial charge in [-0.2, -0.15) is 0 Å². The van der Waals surface area contributed by atoms with Crippen LogP contribution in [-0.2, 0) is 0 Å². The SMILES string of the molecule is Cc1cccc(C)c1-n1c2cc(O[B]O)ccc2c2ccc(B(O)O)cc21. The first-order valence-electron chi connectivity index (χ1n) is 8.64. The molecule has 0 aliphatic heterocycles. The summed E-state index contributed by atoms with van der Waals surface area (Å²) in [6, 6.07) is 17.1. The van der Waals surface area contributed by atoms with E-state index in [0.717, 1.165) is 38.6 Å². The molecule has 0 saturated heterocycles. The largest absolute Gasteiger partial charge is 0.569 e. The van der Waals surface area contributed by atoms with Crippen LogP contribution >= 0.6 is 0 Å². The van der Waals surface area contributed by atoms with E-state index >= 15 is 0 Å². The van der Waals surface area contributed by atoms with Crippen LogP contribution in [0.1, 0.15) is 11.1 Å². The molecular formula is C20H18B2NO4. The van der Waals surface area contributed by atoms with E-state index in [4.69, 9.17) is 9.68 Å². The van der Waals surface area contributed by atoms with Crippen LogP contribution in [0.2, 0.25) is 0 Å². The lowest BCUT2D eigenvalue weighted by Crippen LogP contribution is -2.29. The van der Waals surface area contributed by atoms with Crippen LogP contribution in [0.25, 0.3) is 27.5 Å². The number of para-hydroxylation sites is 1. The number of nitrogens with zero attached hydrogens (tertiary/aromatic N) is 1. The average Bonchev–Trinajstić information content (AvgIpc) is 2.95. The molecule has 4 aromatic rings. The fraction of sp³-hybridized carbons (Fsp3) is 0.100. The average molecular weight is 358 g/mol. The molecule has 0 unspecified atom stereocenters.